The third-order valence-electron chi connectivity index (χ3n) is 3.02. The van der Waals surface area contributed by atoms with E-state index in [-0.39, 0.29) is 11.3 Å². The molecule has 16 heavy (non-hydrogen) atoms. The molecule has 1 aromatic rings. The van der Waals surface area contributed by atoms with Crippen molar-refractivity contribution in [3.63, 3.8) is 0 Å². The third-order valence-corrected chi connectivity index (χ3v) is 4.57. The van der Waals surface area contributed by atoms with Gasteiger partial charge in [-0.05, 0) is 18.9 Å². The van der Waals surface area contributed by atoms with Crippen LogP contribution < -0.4 is 0 Å². The number of halogens is 1. The van der Waals surface area contributed by atoms with Crippen LogP contribution in [0.25, 0.3) is 0 Å². The molecular weight excluding hydrogens is 242 g/mol. The summed E-state index contributed by atoms with van der Waals surface area (Å²) in [5.74, 6) is 0.851. The van der Waals surface area contributed by atoms with Gasteiger partial charge < -0.3 is 4.90 Å². The van der Waals surface area contributed by atoms with Crippen molar-refractivity contribution < 1.29 is 4.79 Å². The van der Waals surface area contributed by atoms with Gasteiger partial charge in [0.15, 0.2) is 0 Å². The Hall–Kier alpha value is -0.670. The maximum Gasteiger partial charge on any atom is 0.234 e. The summed E-state index contributed by atoms with van der Waals surface area (Å²) in [6.07, 6.45) is 2.29. The van der Waals surface area contributed by atoms with E-state index < -0.39 is 0 Å². The molecule has 1 aromatic carbocycles. The minimum absolute atomic E-state index is 0.133. The first-order chi connectivity index (χ1) is 7.77. The van der Waals surface area contributed by atoms with Crippen LogP contribution >= 0.6 is 23.4 Å². The summed E-state index contributed by atoms with van der Waals surface area (Å²) in [6, 6.07) is 8.28. The SMILES string of the molecule is O=C1CSC(c2ccccc2Cl)N1C1CC1. The average Bonchev–Trinajstić information content (AvgIpc) is 3.04. The Morgan fingerprint density at radius 2 is 2.06 bits per heavy atom. The fourth-order valence-corrected chi connectivity index (χ4v) is 3.69. The van der Waals surface area contributed by atoms with Crippen molar-refractivity contribution >= 4 is 29.3 Å². The lowest BCUT2D eigenvalue weighted by molar-refractivity contribution is -0.128. The van der Waals surface area contributed by atoms with Gasteiger partial charge in [0.2, 0.25) is 5.91 Å². The van der Waals surface area contributed by atoms with Crippen molar-refractivity contribution in [2.45, 2.75) is 24.3 Å². The van der Waals surface area contributed by atoms with Crippen LogP contribution in [-0.2, 0) is 4.79 Å². The van der Waals surface area contributed by atoms with Crippen molar-refractivity contribution in [1.82, 2.24) is 4.90 Å². The average molecular weight is 254 g/mol. The smallest absolute Gasteiger partial charge is 0.234 e. The van der Waals surface area contributed by atoms with Crippen molar-refractivity contribution in [1.29, 1.82) is 0 Å². The van der Waals surface area contributed by atoms with Crippen LogP contribution in [0.5, 0.6) is 0 Å². The molecular formula is C12H12ClNOS. The zero-order valence-corrected chi connectivity index (χ0v) is 10.3. The van der Waals surface area contributed by atoms with E-state index in [1.54, 1.807) is 11.8 Å². The molecule has 2 fully saturated rings. The summed E-state index contributed by atoms with van der Waals surface area (Å²) in [4.78, 5) is 13.8. The van der Waals surface area contributed by atoms with Gasteiger partial charge in [0.25, 0.3) is 0 Å². The van der Waals surface area contributed by atoms with E-state index in [9.17, 15) is 4.79 Å². The molecule has 0 N–H and O–H groups in total. The first kappa shape index (κ1) is 10.5. The molecule has 1 saturated carbocycles. The van der Waals surface area contributed by atoms with E-state index in [1.807, 2.05) is 29.2 Å². The number of nitrogens with zero attached hydrogens (tertiary/aromatic N) is 1. The summed E-state index contributed by atoms with van der Waals surface area (Å²) < 4.78 is 0. The van der Waals surface area contributed by atoms with Gasteiger partial charge in [-0.2, -0.15) is 0 Å². The lowest BCUT2D eigenvalue weighted by Crippen LogP contribution is -2.30. The summed E-state index contributed by atoms with van der Waals surface area (Å²) in [5.41, 5.74) is 1.08. The first-order valence-corrected chi connectivity index (χ1v) is 6.87. The van der Waals surface area contributed by atoms with Crippen LogP contribution in [0.2, 0.25) is 5.02 Å². The maximum atomic E-state index is 11.8. The Morgan fingerprint density at radius 1 is 1.31 bits per heavy atom. The van der Waals surface area contributed by atoms with Crippen LogP contribution in [0.15, 0.2) is 24.3 Å². The summed E-state index contributed by atoms with van der Waals surface area (Å²) in [5, 5.41) is 0.897. The molecule has 1 unspecified atom stereocenters. The highest BCUT2D eigenvalue weighted by molar-refractivity contribution is 8.00. The second-order valence-corrected chi connectivity index (χ2v) is 5.69. The standard InChI is InChI=1S/C12H12ClNOS/c13-10-4-2-1-3-9(10)12-14(8-5-6-8)11(15)7-16-12/h1-4,8,12H,5-7H2. The molecule has 0 radical (unpaired) electrons. The van der Waals surface area contributed by atoms with Crippen LogP contribution in [0.3, 0.4) is 0 Å². The molecule has 1 aliphatic carbocycles. The van der Waals surface area contributed by atoms with Gasteiger partial charge in [-0.1, -0.05) is 29.8 Å². The number of carbonyl (C=O) groups is 1. The largest absolute Gasteiger partial charge is 0.323 e. The van der Waals surface area contributed by atoms with E-state index in [0.29, 0.717) is 11.8 Å². The van der Waals surface area contributed by atoms with Crippen molar-refractivity contribution in [3.05, 3.63) is 34.9 Å². The molecule has 2 nitrogen and oxygen atoms in total. The zero-order valence-electron chi connectivity index (χ0n) is 8.73. The van der Waals surface area contributed by atoms with E-state index in [4.69, 9.17) is 11.6 Å². The van der Waals surface area contributed by atoms with Crippen LogP contribution in [0, 0.1) is 0 Å². The molecule has 1 aliphatic heterocycles. The number of hydrogen-bond acceptors (Lipinski definition) is 2. The van der Waals surface area contributed by atoms with E-state index >= 15 is 0 Å². The van der Waals surface area contributed by atoms with Crippen molar-refractivity contribution in [2.75, 3.05) is 5.75 Å². The highest BCUT2D eigenvalue weighted by Crippen LogP contribution is 2.46. The molecule has 0 bridgehead atoms. The molecule has 4 heteroatoms. The maximum absolute atomic E-state index is 11.8. The van der Waals surface area contributed by atoms with Gasteiger partial charge in [-0.25, -0.2) is 0 Å². The molecule has 1 heterocycles. The molecule has 84 valence electrons. The minimum Gasteiger partial charge on any atom is -0.323 e. The van der Waals surface area contributed by atoms with Crippen LogP contribution in [0.4, 0.5) is 0 Å². The molecule has 2 aliphatic rings. The second kappa shape index (κ2) is 3.97. The molecule has 1 amide bonds. The number of amides is 1. The Morgan fingerprint density at radius 3 is 2.75 bits per heavy atom. The topological polar surface area (TPSA) is 20.3 Å². The summed E-state index contributed by atoms with van der Waals surface area (Å²) >= 11 is 7.88. The minimum atomic E-state index is 0.133. The number of thioether (sulfide) groups is 1. The number of hydrogen-bond donors (Lipinski definition) is 0. The molecule has 0 spiro atoms. The third kappa shape index (κ3) is 1.72. The molecule has 1 saturated heterocycles. The lowest BCUT2D eigenvalue weighted by Gasteiger charge is -2.24. The highest BCUT2D eigenvalue weighted by Gasteiger charge is 2.42. The predicted octanol–water partition coefficient (Wildman–Crippen LogP) is 3.08. The van der Waals surface area contributed by atoms with Crippen molar-refractivity contribution in [2.24, 2.45) is 0 Å². The van der Waals surface area contributed by atoms with Crippen molar-refractivity contribution in [3.8, 4) is 0 Å². The van der Waals surface area contributed by atoms with Gasteiger partial charge in [-0.15, -0.1) is 11.8 Å². The van der Waals surface area contributed by atoms with Gasteiger partial charge in [0.1, 0.15) is 5.37 Å². The second-order valence-electron chi connectivity index (χ2n) is 4.22. The van der Waals surface area contributed by atoms with Crippen LogP contribution in [0.1, 0.15) is 23.8 Å². The monoisotopic (exact) mass is 253 g/mol. The fraction of sp³-hybridized carbons (Fsp3) is 0.417. The number of carbonyl (C=O) groups excluding carboxylic acids is 1. The number of benzene rings is 1. The van der Waals surface area contributed by atoms with E-state index in [1.165, 1.54) is 0 Å². The van der Waals surface area contributed by atoms with Gasteiger partial charge in [-0.3, -0.25) is 4.79 Å². The Kier molecular flexibility index (Phi) is 2.60. The normalized spacial score (nSPS) is 25.2. The zero-order chi connectivity index (χ0) is 11.1. The molecule has 0 aromatic heterocycles. The molecule has 1 atom stereocenters. The first-order valence-electron chi connectivity index (χ1n) is 5.44. The molecule has 3 rings (SSSR count). The lowest BCUT2D eigenvalue weighted by atomic mass is 10.2. The van der Waals surface area contributed by atoms with E-state index in [0.717, 1.165) is 23.4 Å². The Balaban J connectivity index is 1.94. The predicted molar refractivity (Wildman–Crippen MR) is 66.5 cm³/mol. The summed E-state index contributed by atoms with van der Waals surface area (Å²) in [7, 11) is 0. The van der Waals surface area contributed by atoms with Gasteiger partial charge >= 0.3 is 0 Å². The fourth-order valence-electron chi connectivity index (χ4n) is 2.10. The Labute approximate surface area is 104 Å². The van der Waals surface area contributed by atoms with E-state index in [2.05, 4.69) is 0 Å². The summed E-state index contributed by atoms with van der Waals surface area (Å²) in [6.45, 7) is 0. The Bertz CT molecular complexity index is 433. The quantitative estimate of drug-likeness (QED) is 0.807. The van der Waals surface area contributed by atoms with Crippen LogP contribution in [-0.4, -0.2) is 22.6 Å². The highest BCUT2D eigenvalue weighted by atomic mass is 35.5. The van der Waals surface area contributed by atoms with Gasteiger partial charge in [0.05, 0.1) is 5.75 Å². The van der Waals surface area contributed by atoms with Gasteiger partial charge in [0, 0.05) is 16.6 Å². The number of rotatable bonds is 2.